The maximum Gasteiger partial charge on any atom is 0.174 e. The molecule has 4 heterocycles. The molecule has 0 saturated carbocycles. The summed E-state index contributed by atoms with van der Waals surface area (Å²) >= 11 is 12.3. The molecule has 4 aromatic rings. The van der Waals surface area contributed by atoms with Crippen LogP contribution in [0.5, 0.6) is 5.75 Å². The fourth-order valence-electron chi connectivity index (χ4n) is 4.08. The summed E-state index contributed by atoms with van der Waals surface area (Å²) in [5, 5.41) is 4.59. The van der Waals surface area contributed by atoms with Crippen LogP contribution in [0.2, 0.25) is 5.02 Å². The molecule has 0 radical (unpaired) electrons. The van der Waals surface area contributed by atoms with E-state index >= 15 is 0 Å². The molecule has 0 spiro atoms. The molecular weight excluding hydrogens is 442 g/mol. The molecule has 1 saturated heterocycles. The van der Waals surface area contributed by atoms with Gasteiger partial charge in [-0.3, -0.25) is 4.98 Å². The van der Waals surface area contributed by atoms with E-state index in [-0.39, 0.29) is 12.1 Å². The minimum Gasteiger partial charge on any atom is -0.495 e. The van der Waals surface area contributed by atoms with Crippen LogP contribution < -0.4 is 15.0 Å². The maximum absolute atomic E-state index is 6.47. The molecule has 1 aliphatic heterocycles. The number of methoxy groups -OCH3 is 1. The van der Waals surface area contributed by atoms with E-state index in [1.165, 1.54) is 0 Å². The molecule has 6 nitrogen and oxygen atoms in total. The van der Waals surface area contributed by atoms with Crippen molar-refractivity contribution in [2.45, 2.75) is 12.1 Å². The Morgan fingerprint density at radius 3 is 2.50 bits per heavy atom. The molecule has 2 atom stereocenters. The van der Waals surface area contributed by atoms with E-state index in [0.29, 0.717) is 15.9 Å². The Kier molecular flexibility index (Phi) is 5.51. The van der Waals surface area contributed by atoms with Crippen molar-refractivity contribution in [3.05, 3.63) is 102 Å². The Bertz CT molecular complexity index is 1250. The van der Waals surface area contributed by atoms with E-state index in [4.69, 9.17) is 28.6 Å². The van der Waals surface area contributed by atoms with Crippen LogP contribution in [0.1, 0.15) is 23.5 Å². The molecule has 0 amide bonds. The number of pyridine rings is 2. The fraction of sp³-hybridized carbons (Fsp3) is 0.125. The smallest absolute Gasteiger partial charge is 0.174 e. The summed E-state index contributed by atoms with van der Waals surface area (Å²) in [6.45, 7) is 0. The zero-order valence-electron chi connectivity index (χ0n) is 17.2. The third-order valence-corrected chi connectivity index (χ3v) is 6.10. The minimum atomic E-state index is -0.182. The summed E-state index contributed by atoms with van der Waals surface area (Å²) in [7, 11) is 1.60. The van der Waals surface area contributed by atoms with Crippen molar-refractivity contribution in [1.82, 2.24) is 19.9 Å². The van der Waals surface area contributed by atoms with Gasteiger partial charge in [0.2, 0.25) is 0 Å². The van der Waals surface area contributed by atoms with Gasteiger partial charge in [0.05, 0.1) is 23.9 Å². The van der Waals surface area contributed by atoms with Gasteiger partial charge in [-0.05, 0) is 66.8 Å². The molecule has 1 aromatic carbocycles. The Morgan fingerprint density at radius 2 is 1.81 bits per heavy atom. The van der Waals surface area contributed by atoms with Gasteiger partial charge in [0.15, 0.2) is 5.11 Å². The monoisotopic (exact) mass is 461 g/mol. The Labute approximate surface area is 196 Å². The summed E-state index contributed by atoms with van der Waals surface area (Å²) in [6, 6.07) is 21.2. The van der Waals surface area contributed by atoms with E-state index in [0.717, 1.165) is 22.9 Å². The number of hydrogen-bond acceptors (Lipinski definition) is 4. The summed E-state index contributed by atoms with van der Waals surface area (Å²) in [5.74, 6) is 1.45. The Morgan fingerprint density at radius 1 is 1.00 bits per heavy atom. The van der Waals surface area contributed by atoms with Crippen LogP contribution in [0.3, 0.4) is 0 Å². The third-order valence-electron chi connectivity index (χ3n) is 5.49. The normalized spacial score (nSPS) is 17.9. The van der Waals surface area contributed by atoms with Crippen molar-refractivity contribution in [2.24, 2.45) is 0 Å². The van der Waals surface area contributed by atoms with Crippen LogP contribution in [0, 0.1) is 0 Å². The fourth-order valence-corrected chi connectivity index (χ4v) is 4.68. The average Bonchev–Trinajstić information content (AvgIpc) is 3.44. The van der Waals surface area contributed by atoms with Gasteiger partial charge in [-0.1, -0.05) is 23.7 Å². The topological polar surface area (TPSA) is 55.2 Å². The van der Waals surface area contributed by atoms with Crippen LogP contribution in [-0.2, 0) is 0 Å². The number of anilines is 1. The van der Waals surface area contributed by atoms with E-state index in [2.05, 4.69) is 30.8 Å². The van der Waals surface area contributed by atoms with Gasteiger partial charge in [0.25, 0.3) is 0 Å². The molecule has 3 aromatic heterocycles. The lowest BCUT2D eigenvalue weighted by Gasteiger charge is -2.29. The summed E-state index contributed by atoms with van der Waals surface area (Å²) in [5.41, 5.74) is 2.79. The zero-order chi connectivity index (χ0) is 22.1. The number of nitrogens with one attached hydrogen (secondary N) is 1. The van der Waals surface area contributed by atoms with Gasteiger partial charge in [-0.2, -0.15) is 0 Å². The van der Waals surface area contributed by atoms with E-state index < -0.39 is 0 Å². The van der Waals surface area contributed by atoms with Gasteiger partial charge in [-0.15, -0.1) is 0 Å². The van der Waals surface area contributed by atoms with Crippen molar-refractivity contribution in [3.8, 4) is 11.6 Å². The first-order valence-electron chi connectivity index (χ1n) is 10.1. The highest BCUT2D eigenvalue weighted by Gasteiger charge is 2.42. The van der Waals surface area contributed by atoms with Crippen molar-refractivity contribution in [3.63, 3.8) is 0 Å². The van der Waals surface area contributed by atoms with Gasteiger partial charge in [0.1, 0.15) is 17.6 Å². The molecule has 0 bridgehead atoms. The lowest BCUT2D eigenvalue weighted by Crippen LogP contribution is -2.30. The number of nitrogens with zero attached hydrogens (tertiary/aromatic N) is 4. The first-order chi connectivity index (χ1) is 15.7. The first kappa shape index (κ1) is 20.5. The summed E-state index contributed by atoms with van der Waals surface area (Å²) in [4.78, 5) is 11.2. The predicted octanol–water partition coefficient (Wildman–Crippen LogP) is 5.11. The standard InChI is InChI=1S/C24H20ClN5OS/c1-31-20-11-10-16(15-17(20)25)30-23(22(28-24(30)32)18-7-2-4-12-26-18)19-8-6-14-29(19)21-9-3-5-13-27-21/h2-15,22-23H,1H3,(H,28,32)/t22-,23-/m0/s1. The summed E-state index contributed by atoms with van der Waals surface area (Å²) < 4.78 is 7.41. The van der Waals surface area contributed by atoms with Crippen molar-refractivity contribution in [2.75, 3.05) is 12.0 Å². The molecule has 1 fully saturated rings. The maximum atomic E-state index is 6.47. The highest BCUT2D eigenvalue weighted by molar-refractivity contribution is 7.80. The SMILES string of the molecule is COc1ccc(N2C(=S)N[C@@H](c3ccccn3)[C@@H]2c2cccn2-c2ccccn2)cc1Cl. The zero-order valence-corrected chi connectivity index (χ0v) is 18.8. The largest absolute Gasteiger partial charge is 0.495 e. The number of halogens is 1. The second-order valence-electron chi connectivity index (χ2n) is 7.31. The Balaban J connectivity index is 1.66. The minimum absolute atomic E-state index is 0.165. The van der Waals surface area contributed by atoms with Crippen molar-refractivity contribution < 1.29 is 4.74 Å². The number of aromatic nitrogens is 3. The van der Waals surface area contributed by atoms with Crippen LogP contribution in [-0.4, -0.2) is 26.8 Å². The number of benzene rings is 1. The van der Waals surface area contributed by atoms with Gasteiger partial charge < -0.3 is 19.5 Å². The van der Waals surface area contributed by atoms with Gasteiger partial charge in [-0.25, -0.2) is 4.98 Å². The molecule has 1 aliphatic rings. The molecule has 8 heteroatoms. The highest BCUT2D eigenvalue weighted by atomic mass is 35.5. The van der Waals surface area contributed by atoms with Crippen LogP contribution in [0.4, 0.5) is 5.69 Å². The lowest BCUT2D eigenvalue weighted by atomic mass is 10.0. The van der Waals surface area contributed by atoms with Crippen molar-refractivity contribution in [1.29, 1.82) is 0 Å². The second-order valence-corrected chi connectivity index (χ2v) is 8.10. The van der Waals surface area contributed by atoms with Crippen molar-refractivity contribution >= 4 is 34.6 Å². The molecule has 0 unspecified atom stereocenters. The van der Waals surface area contributed by atoms with E-state index in [1.54, 1.807) is 19.5 Å². The van der Waals surface area contributed by atoms with Crippen LogP contribution in [0.15, 0.2) is 85.3 Å². The van der Waals surface area contributed by atoms with E-state index in [1.807, 2.05) is 66.9 Å². The molecule has 5 rings (SSSR count). The van der Waals surface area contributed by atoms with Crippen LogP contribution >= 0.6 is 23.8 Å². The number of hydrogen-bond donors (Lipinski definition) is 1. The number of ether oxygens (including phenoxy) is 1. The molecular formula is C24H20ClN5OS. The number of thiocarbonyl (C=S) groups is 1. The number of rotatable bonds is 5. The van der Waals surface area contributed by atoms with E-state index in [9.17, 15) is 0 Å². The average molecular weight is 462 g/mol. The quantitative estimate of drug-likeness (QED) is 0.417. The molecule has 160 valence electrons. The molecule has 0 aliphatic carbocycles. The van der Waals surface area contributed by atoms with Crippen LogP contribution in [0.25, 0.3) is 5.82 Å². The van der Waals surface area contributed by atoms with Gasteiger partial charge >= 0.3 is 0 Å². The summed E-state index contributed by atoms with van der Waals surface area (Å²) in [6.07, 6.45) is 5.59. The predicted molar refractivity (Wildman–Crippen MR) is 129 cm³/mol. The van der Waals surface area contributed by atoms with Gasteiger partial charge in [0, 0.05) is 30.0 Å². The molecule has 1 N–H and O–H groups in total. The second kappa shape index (κ2) is 8.61. The molecule has 32 heavy (non-hydrogen) atoms. The lowest BCUT2D eigenvalue weighted by molar-refractivity contribution is 0.415. The Hall–Kier alpha value is -3.42. The highest BCUT2D eigenvalue weighted by Crippen LogP contribution is 2.43. The third kappa shape index (κ3) is 3.59. The first-order valence-corrected chi connectivity index (χ1v) is 10.9.